The smallest absolute Gasteiger partial charge is 0.315 e. The Balaban J connectivity index is 1.52. The van der Waals surface area contributed by atoms with E-state index in [4.69, 9.17) is 4.52 Å². The number of urea groups is 1. The standard InChI is InChI=1S/C16H19N7O2/c1-11(20-16(24)17-9-14-18-10-19-23(14)2)15-21-13(22-25-15)8-12-6-4-3-5-7-12/h3-7,10-11H,8-9H2,1-2H3,(H2,17,20,24)/t11-/m0/s1. The van der Waals surface area contributed by atoms with Crippen molar-refractivity contribution in [2.24, 2.45) is 7.05 Å². The fourth-order valence-corrected chi connectivity index (χ4v) is 2.24. The molecule has 0 bridgehead atoms. The molecule has 25 heavy (non-hydrogen) atoms. The summed E-state index contributed by atoms with van der Waals surface area (Å²) < 4.78 is 6.83. The molecular formula is C16H19N7O2. The van der Waals surface area contributed by atoms with Crippen LogP contribution in [-0.4, -0.2) is 30.9 Å². The van der Waals surface area contributed by atoms with Crippen molar-refractivity contribution >= 4 is 6.03 Å². The van der Waals surface area contributed by atoms with E-state index in [2.05, 4.69) is 30.9 Å². The molecule has 0 fully saturated rings. The summed E-state index contributed by atoms with van der Waals surface area (Å²) in [7, 11) is 1.76. The summed E-state index contributed by atoms with van der Waals surface area (Å²) >= 11 is 0. The Morgan fingerprint density at radius 2 is 2.12 bits per heavy atom. The zero-order valence-corrected chi connectivity index (χ0v) is 14.0. The molecule has 0 saturated carbocycles. The predicted molar refractivity (Wildman–Crippen MR) is 88.3 cm³/mol. The number of hydrogen-bond donors (Lipinski definition) is 2. The first-order chi connectivity index (χ1) is 12.1. The Bertz CT molecular complexity index is 828. The summed E-state index contributed by atoms with van der Waals surface area (Å²) in [5.41, 5.74) is 1.09. The Morgan fingerprint density at radius 3 is 2.84 bits per heavy atom. The zero-order chi connectivity index (χ0) is 17.6. The van der Waals surface area contributed by atoms with Crippen LogP contribution in [0.25, 0.3) is 0 Å². The van der Waals surface area contributed by atoms with E-state index in [1.165, 1.54) is 6.33 Å². The molecule has 0 radical (unpaired) electrons. The molecule has 9 heteroatoms. The summed E-state index contributed by atoms with van der Waals surface area (Å²) in [5.74, 6) is 1.60. The van der Waals surface area contributed by atoms with E-state index in [-0.39, 0.29) is 12.6 Å². The van der Waals surface area contributed by atoms with Crippen molar-refractivity contribution in [1.82, 2.24) is 35.5 Å². The molecule has 1 aromatic carbocycles. The van der Waals surface area contributed by atoms with Crippen LogP contribution >= 0.6 is 0 Å². The lowest BCUT2D eigenvalue weighted by molar-refractivity contribution is 0.233. The molecule has 9 nitrogen and oxygen atoms in total. The van der Waals surface area contributed by atoms with Gasteiger partial charge in [-0.05, 0) is 12.5 Å². The molecule has 2 N–H and O–H groups in total. The minimum Gasteiger partial charge on any atom is -0.337 e. The lowest BCUT2D eigenvalue weighted by Crippen LogP contribution is -2.37. The number of carbonyl (C=O) groups excluding carboxylic acids is 1. The maximum absolute atomic E-state index is 12.0. The quantitative estimate of drug-likeness (QED) is 0.700. The SMILES string of the molecule is C[C@H](NC(=O)NCc1ncnn1C)c1nc(Cc2ccccc2)no1. The van der Waals surface area contributed by atoms with Gasteiger partial charge in [-0.2, -0.15) is 10.1 Å². The van der Waals surface area contributed by atoms with Crippen molar-refractivity contribution in [3.63, 3.8) is 0 Å². The summed E-state index contributed by atoms with van der Waals surface area (Å²) in [6.45, 7) is 2.06. The van der Waals surface area contributed by atoms with E-state index in [1.807, 2.05) is 30.3 Å². The topological polar surface area (TPSA) is 111 Å². The Labute approximate surface area is 144 Å². The average molecular weight is 341 g/mol. The highest BCUT2D eigenvalue weighted by Gasteiger charge is 2.17. The first kappa shape index (κ1) is 16.6. The number of nitrogens with zero attached hydrogens (tertiary/aromatic N) is 5. The van der Waals surface area contributed by atoms with Gasteiger partial charge in [0.25, 0.3) is 0 Å². The number of amides is 2. The lowest BCUT2D eigenvalue weighted by atomic mass is 10.1. The predicted octanol–water partition coefficient (Wildman–Crippen LogP) is 1.35. The third-order valence-corrected chi connectivity index (χ3v) is 3.62. The van der Waals surface area contributed by atoms with Gasteiger partial charge in [-0.3, -0.25) is 4.68 Å². The molecule has 0 aliphatic rings. The molecule has 0 spiro atoms. The van der Waals surface area contributed by atoms with E-state index >= 15 is 0 Å². The first-order valence-corrected chi connectivity index (χ1v) is 7.85. The van der Waals surface area contributed by atoms with E-state index < -0.39 is 6.04 Å². The number of aromatic nitrogens is 5. The minimum atomic E-state index is -0.406. The van der Waals surface area contributed by atoms with Crippen LogP contribution < -0.4 is 10.6 Å². The maximum atomic E-state index is 12.0. The molecule has 3 rings (SSSR count). The van der Waals surface area contributed by atoms with Gasteiger partial charge in [0.1, 0.15) is 18.2 Å². The molecule has 0 aliphatic heterocycles. The summed E-state index contributed by atoms with van der Waals surface area (Å²) in [5, 5.41) is 13.4. The van der Waals surface area contributed by atoms with Gasteiger partial charge >= 0.3 is 6.03 Å². The van der Waals surface area contributed by atoms with Crippen LogP contribution in [0.3, 0.4) is 0 Å². The highest BCUT2D eigenvalue weighted by molar-refractivity contribution is 5.74. The van der Waals surface area contributed by atoms with Crippen molar-refractivity contribution < 1.29 is 9.32 Å². The molecule has 0 aliphatic carbocycles. The lowest BCUT2D eigenvalue weighted by Gasteiger charge is -2.10. The van der Waals surface area contributed by atoms with Crippen LogP contribution in [0.4, 0.5) is 4.79 Å². The second-order valence-electron chi connectivity index (χ2n) is 5.56. The Morgan fingerprint density at radius 1 is 1.32 bits per heavy atom. The number of rotatable bonds is 6. The average Bonchev–Trinajstić information content (AvgIpc) is 3.23. The van der Waals surface area contributed by atoms with Crippen LogP contribution in [0.5, 0.6) is 0 Å². The van der Waals surface area contributed by atoms with Crippen LogP contribution in [-0.2, 0) is 20.0 Å². The van der Waals surface area contributed by atoms with Crippen molar-refractivity contribution in [2.45, 2.75) is 25.9 Å². The van der Waals surface area contributed by atoms with Gasteiger partial charge in [0.15, 0.2) is 5.82 Å². The van der Waals surface area contributed by atoms with Crippen LogP contribution in [0.2, 0.25) is 0 Å². The number of carbonyl (C=O) groups is 1. The molecule has 2 aromatic heterocycles. The fraction of sp³-hybridized carbons (Fsp3) is 0.312. The van der Waals surface area contributed by atoms with Crippen LogP contribution in [0, 0.1) is 0 Å². The molecule has 0 unspecified atom stereocenters. The maximum Gasteiger partial charge on any atom is 0.315 e. The molecule has 2 heterocycles. The van der Waals surface area contributed by atoms with Gasteiger partial charge in [0.2, 0.25) is 5.89 Å². The molecule has 130 valence electrons. The number of aryl methyl sites for hydroxylation is 1. The van der Waals surface area contributed by atoms with Gasteiger partial charge in [-0.25, -0.2) is 9.78 Å². The number of hydrogen-bond acceptors (Lipinski definition) is 6. The number of benzene rings is 1. The number of nitrogens with one attached hydrogen (secondary N) is 2. The van der Waals surface area contributed by atoms with E-state index in [1.54, 1.807) is 18.7 Å². The van der Waals surface area contributed by atoms with Crippen molar-refractivity contribution in [3.8, 4) is 0 Å². The normalized spacial score (nSPS) is 11.9. The summed E-state index contributed by atoms with van der Waals surface area (Å²) in [6.07, 6.45) is 2.01. The molecule has 0 saturated heterocycles. The highest BCUT2D eigenvalue weighted by atomic mass is 16.5. The molecule has 2 amide bonds. The highest BCUT2D eigenvalue weighted by Crippen LogP contribution is 2.12. The van der Waals surface area contributed by atoms with E-state index in [0.29, 0.717) is 24.0 Å². The largest absolute Gasteiger partial charge is 0.337 e. The van der Waals surface area contributed by atoms with Crippen LogP contribution in [0.1, 0.15) is 36.1 Å². The second-order valence-corrected chi connectivity index (χ2v) is 5.56. The second kappa shape index (κ2) is 7.56. The van der Waals surface area contributed by atoms with Gasteiger partial charge < -0.3 is 15.2 Å². The van der Waals surface area contributed by atoms with Gasteiger partial charge in [0, 0.05) is 13.5 Å². The van der Waals surface area contributed by atoms with E-state index in [9.17, 15) is 4.79 Å². The molecular weight excluding hydrogens is 322 g/mol. The Kier molecular flexibility index (Phi) is 5.03. The van der Waals surface area contributed by atoms with Crippen LogP contribution in [0.15, 0.2) is 41.2 Å². The van der Waals surface area contributed by atoms with Gasteiger partial charge in [-0.1, -0.05) is 35.5 Å². The zero-order valence-electron chi connectivity index (χ0n) is 14.0. The minimum absolute atomic E-state index is 0.276. The van der Waals surface area contributed by atoms with Crippen molar-refractivity contribution in [1.29, 1.82) is 0 Å². The molecule has 1 atom stereocenters. The summed E-state index contributed by atoms with van der Waals surface area (Å²) in [6, 6.07) is 9.12. The van der Waals surface area contributed by atoms with E-state index in [0.717, 1.165) is 5.56 Å². The first-order valence-electron chi connectivity index (χ1n) is 7.85. The van der Waals surface area contributed by atoms with Crippen molar-refractivity contribution in [3.05, 3.63) is 59.8 Å². The van der Waals surface area contributed by atoms with Crippen molar-refractivity contribution in [2.75, 3.05) is 0 Å². The summed E-state index contributed by atoms with van der Waals surface area (Å²) in [4.78, 5) is 20.3. The third-order valence-electron chi connectivity index (χ3n) is 3.62. The monoisotopic (exact) mass is 341 g/mol. The van der Waals surface area contributed by atoms with Gasteiger partial charge in [-0.15, -0.1) is 0 Å². The fourth-order valence-electron chi connectivity index (χ4n) is 2.24. The molecule has 3 aromatic rings. The Hall–Kier alpha value is -3.23. The third kappa shape index (κ3) is 4.40. The van der Waals surface area contributed by atoms with Gasteiger partial charge in [0.05, 0.1) is 6.54 Å².